The van der Waals surface area contributed by atoms with Crippen molar-refractivity contribution < 1.29 is 9.21 Å². The topological polar surface area (TPSA) is 48.0 Å². The monoisotopic (exact) mass is 204 g/mol. The number of hydrogen-bond donors (Lipinski definition) is 0. The first-order chi connectivity index (χ1) is 7.22. The lowest BCUT2D eigenvalue weighted by Gasteiger charge is -2.00. The highest BCUT2D eigenvalue weighted by molar-refractivity contribution is 6.06. The Morgan fingerprint density at radius 3 is 3.00 bits per heavy atom. The second kappa shape index (κ2) is 3.73. The maximum atomic E-state index is 12.0. The van der Waals surface area contributed by atoms with Crippen LogP contribution in [0.3, 0.4) is 0 Å². The smallest absolute Gasteiger partial charge is 0.231 e. The van der Waals surface area contributed by atoms with Crippen LogP contribution in [0.1, 0.15) is 28.9 Å². The number of carbonyl (C=O) groups excluding carboxylic acids is 1. The van der Waals surface area contributed by atoms with Crippen LogP contribution >= 0.6 is 0 Å². The lowest BCUT2D eigenvalue weighted by Crippen LogP contribution is -2.09. The molecule has 0 amide bonds. The molecule has 2 aromatic heterocycles. The van der Waals surface area contributed by atoms with Gasteiger partial charge in [-0.3, -0.25) is 4.79 Å². The summed E-state index contributed by atoms with van der Waals surface area (Å²) in [5.41, 5.74) is 0.549. The van der Waals surface area contributed by atoms with E-state index in [2.05, 4.69) is 4.98 Å². The molecule has 78 valence electrons. The van der Waals surface area contributed by atoms with E-state index in [9.17, 15) is 4.79 Å². The molecule has 0 atom stereocenters. The maximum Gasteiger partial charge on any atom is 0.231 e. The van der Waals surface area contributed by atoms with Crippen LogP contribution in [0.15, 0.2) is 29.1 Å². The van der Waals surface area contributed by atoms with Crippen LogP contribution in [0.5, 0.6) is 0 Å². The minimum Gasteiger partial charge on any atom is -0.469 e. The first-order valence-corrected chi connectivity index (χ1v) is 4.83. The summed E-state index contributed by atoms with van der Waals surface area (Å²) in [7, 11) is 0. The van der Waals surface area contributed by atoms with E-state index >= 15 is 0 Å². The van der Waals surface area contributed by atoms with Crippen molar-refractivity contribution in [3.8, 4) is 0 Å². The molecule has 0 aliphatic rings. The molecule has 0 aromatic carbocycles. The molecule has 0 saturated heterocycles. The van der Waals surface area contributed by atoms with Crippen LogP contribution in [0.25, 0.3) is 0 Å². The summed E-state index contributed by atoms with van der Waals surface area (Å²) in [5, 5.41) is 0. The van der Waals surface area contributed by atoms with Crippen molar-refractivity contribution in [2.24, 2.45) is 0 Å². The third-order valence-electron chi connectivity index (χ3n) is 2.25. The van der Waals surface area contributed by atoms with Gasteiger partial charge in [0, 0.05) is 18.9 Å². The molecule has 0 spiro atoms. The molecule has 4 nitrogen and oxygen atoms in total. The summed E-state index contributed by atoms with van der Waals surface area (Å²) >= 11 is 0. The molecule has 4 heteroatoms. The molecule has 0 bridgehead atoms. The number of ketones is 1. The van der Waals surface area contributed by atoms with Gasteiger partial charge in [0.05, 0.1) is 5.56 Å². The lowest BCUT2D eigenvalue weighted by atomic mass is 10.2. The van der Waals surface area contributed by atoms with Gasteiger partial charge in [-0.1, -0.05) is 0 Å². The molecule has 0 fully saturated rings. The fraction of sp³-hybridized carbons (Fsp3) is 0.273. The van der Waals surface area contributed by atoms with Gasteiger partial charge in [0.1, 0.15) is 12.0 Å². The van der Waals surface area contributed by atoms with Crippen LogP contribution < -0.4 is 0 Å². The molecule has 0 radical (unpaired) electrons. The largest absolute Gasteiger partial charge is 0.469 e. The highest BCUT2D eigenvalue weighted by Crippen LogP contribution is 2.11. The number of carbonyl (C=O) groups is 1. The van der Waals surface area contributed by atoms with Crippen LogP contribution in [0.4, 0.5) is 0 Å². The Labute approximate surface area is 87.5 Å². The fourth-order valence-corrected chi connectivity index (χ4v) is 1.47. The number of nitrogens with zero attached hydrogens (tertiary/aromatic N) is 2. The van der Waals surface area contributed by atoms with E-state index in [-0.39, 0.29) is 5.78 Å². The average molecular weight is 204 g/mol. The predicted octanol–water partition coefficient (Wildman–Crippen LogP) is 2.04. The maximum absolute atomic E-state index is 12.0. The summed E-state index contributed by atoms with van der Waals surface area (Å²) in [6.07, 6.45) is 4.89. The van der Waals surface area contributed by atoms with E-state index in [0.29, 0.717) is 11.4 Å². The molecule has 15 heavy (non-hydrogen) atoms. The molecule has 2 aromatic rings. The van der Waals surface area contributed by atoms with Crippen molar-refractivity contribution in [2.75, 3.05) is 0 Å². The third-order valence-corrected chi connectivity index (χ3v) is 2.25. The standard InChI is InChI=1S/C11H12N2O2/c1-3-13-5-4-12-11(13)10(14)9-6-8(2)15-7-9/h4-7H,3H2,1-2H3. The van der Waals surface area contributed by atoms with Crippen molar-refractivity contribution in [1.82, 2.24) is 9.55 Å². The molecular weight excluding hydrogens is 192 g/mol. The van der Waals surface area contributed by atoms with Crippen LogP contribution in [-0.4, -0.2) is 15.3 Å². The minimum absolute atomic E-state index is 0.0984. The third kappa shape index (κ3) is 1.70. The van der Waals surface area contributed by atoms with Gasteiger partial charge in [-0.2, -0.15) is 0 Å². The zero-order valence-corrected chi connectivity index (χ0v) is 8.73. The molecular formula is C11H12N2O2. The Morgan fingerprint density at radius 1 is 1.60 bits per heavy atom. The molecule has 2 heterocycles. The van der Waals surface area contributed by atoms with E-state index in [1.807, 2.05) is 18.4 Å². The molecule has 0 aliphatic carbocycles. The number of imidazole rings is 1. The summed E-state index contributed by atoms with van der Waals surface area (Å²) < 4.78 is 6.91. The van der Waals surface area contributed by atoms with E-state index in [1.165, 1.54) is 6.26 Å². The quantitative estimate of drug-likeness (QED) is 0.719. The summed E-state index contributed by atoms with van der Waals surface area (Å²) in [6.45, 7) is 4.51. The van der Waals surface area contributed by atoms with E-state index < -0.39 is 0 Å². The van der Waals surface area contributed by atoms with Gasteiger partial charge in [-0.15, -0.1) is 0 Å². The number of aryl methyl sites for hydroxylation is 2. The summed E-state index contributed by atoms with van der Waals surface area (Å²) in [5.74, 6) is 1.09. The Balaban J connectivity index is 2.36. The van der Waals surface area contributed by atoms with Crippen molar-refractivity contribution in [3.63, 3.8) is 0 Å². The van der Waals surface area contributed by atoms with Gasteiger partial charge in [0.2, 0.25) is 5.78 Å². The second-order valence-electron chi connectivity index (χ2n) is 3.31. The first-order valence-electron chi connectivity index (χ1n) is 4.83. The minimum atomic E-state index is -0.0984. The molecule has 2 rings (SSSR count). The van der Waals surface area contributed by atoms with Crippen LogP contribution in [0, 0.1) is 6.92 Å². The second-order valence-corrected chi connectivity index (χ2v) is 3.31. The highest BCUT2D eigenvalue weighted by atomic mass is 16.3. The van der Waals surface area contributed by atoms with E-state index in [0.717, 1.165) is 12.3 Å². The number of rotatable bonds is 3. The van der Waals surface area contributed by atoms with Crippen molar-refractivity contribution >= 4 is 5.78 Å². The van der Waals surface area contributed by atoms with E-state index in [1.54, 1.807) is 18.5 Å². The number of aromatic nitrogens is 2. The van der Waals surface area contributed by atoms with Crippen LogP contribution in [-0.2, 0) is 6.54 Å². The first kappa shape index (κ1) is 9.71. The Hall–Kier alpha value is -1.84. The van der Waals surface area contributed by atoms with Crippen molar-refractivity contribution in [2.45, 2.75) is 20.4 Å². The number of hydrogen-bond acceptors (Lipinski definition) is 3. The molecule has 0 saturated carbocycles. The molecule has 0 N–H and O–H groups in total. The van der Waals surface area contributed by atoms with Gasteiger partial charge in [0.15, 0.2) is 5.82 Å². The SMILES string of the molecule is CCn1ccnc1C(=O)c1coc(C)c1. The Bertz CT molecular complexity index is 482. The summed E-state index contributed by atoms with van der Waals surface area (Å²) in [4.78, 5) is 16.0. The Morgan fingerprint density at radius 2 is 2.40 bits per heavy atom. The van der Waals surface area contributed by atoms with Gasteiger partial charge in [-0.05, 0) is 19.9 Å². The lowest BCUT2D eigenvalue weighted by molar-refractivity contribution is 0.102. The average Bonchev–Trinajstić information content (AvgIpc) is 2.84. The Kier molecular flexibility index (Phi) is 2.41. The fourth-order valence-electron chi connectivity index (χ4n) is 1.47. The van der Waals surface area contributed by atoms with Crippen LogP contribution in [0.2, 0.25) is 0 Å². The van der Waals surface area contributed by atoms with Crippen molar-refractivity contribution in [3.05, 3.63) is 41.9 Å². The normalized spacial score (nSPS) is 10.5. The van der Waals surface area contributed by atoms with E-state index in [4.69, 9.17) is 4.42 Å². The molecule has 0 aliphatic heterocycles. The van der Waals surface area contributed by atoms with Gasteiger partial charge >= 0.3 is 0 Å². The van der Waals surface area contributed by atoms with Gasteiger partial charge < -0.3 is 8.98 Å². The zero-order chi connectivity index (χ0) is 10.8. The summed E-state index contributed by atoms with van der Waals surface area (Å²) in [6, 6.07) is 1.72. The molecule has 0 unspecified atom stereocenters. The highest BCUT2D eigenvalue weighted by Gasteiger charge is 2.16. The van der Waals surface area contributed by atoms with Crippen molar-refractivity contribution in [1.29, 1.82) is 0 Å². The number of furan rings is 1. The van der Waals surface area contributed by atoms with Gasteiger partial charge in [-0.25, -0.2) is 4.98 Å². The zero-order valence-electron chi connectivity index (χ0n) is 8.73. The van der Waals surface area contributed by atoms with Gasteiger partial charge in [0.25, 0.3) is 0 Å². The predicted molar refractivity (Wildman–Crippen MR) is 54.8 cm³/mol.